The number of hydrogen-bond donors (Lipinski definition) is 2. The van der Waals surface area contributed by atoms with Crippen molar-refractivity contribution in [3.63, 3.8) is 0 Å². The second kappa shape index (κ2) is 7.86. The van der Waals surface area contributed by atoms with E-state index in [1.807, 2.05) is 18.7 Å². The Hall–Kier alpha value is -1.46. The van der Waals surface area contributed by atoms with Crippen LogP contribution >= 0.6 is 0 Å². The minimum atomic E-state index is -0.280. The van der Waals surface area contributed by atoms with Crippen molar-refractivity contribution >= 4 is 5.91 Å². The van der Waals surface area contributed by atoms with Crippen molar-refractivity contribution in [2.45, 2.75) is 26.9 Å². The van der Waals surface area contributed by atoms with Crippen molar-refractivity contribution in [2.24, 2.45) is 5.73 Å². The first kappa shape index (κ1) is 15.6. The second-order valence-corrected chi connectivity index (χ2v) is 4.39. The number of halogens is 1. The van der Waals surface area contributed by atoms with E-state index < -0.39 is 0 Å². The average molecular weight is 267 g/mol. The van der Waals surface area contributed by atoms with Crippen LogP contribution in [0.25, 0.3) is 0 Å². The molecular formula is C14H22FN3O. The third-order valence-electron chi connectivity index (χ3n) is 2.92. The molecule has 1 aromatic rings. The lowest BCUT2D eigenvalue weighted by molar-refractivity contribution is -0.122. The molecule has 0 spiro atoms. The third kappa shape index (κ3) is 4.96. The van der Waals surface area contributed by atoms with Gasteiger partial charge in [0.2, 0.25) is 5.91 Å². The first-order valence-corrected chi connectivity index (χ1v) is 6.57. The molecule has 0 bridgehead atoms. The summed E-state index contributed by atoms with van der Waals surface area (Å²) < 4.78 is 13.3. The predicted octanol–water partition coefficient (Wildman–Crippen LogP) is 1.24. The fourth-order valence-electron chi connectivity index (χ4n) is 1.88. The summed E-state index contributed by atoms with van der Waals surface area (Å²) in [5.74, 6) is -0.275. The van der Waals surface area contributed by atoms with Crippen LogP contribution in [0.1, 0.15) is 25.0 Å². The topological polar surface area (TPSA) is 58.4 Å². The molecule has 0 aliphatic carbocycles. The Bertz CT molecular complexity index is 423. The molecule has 0 radical (unpaired) electrons. The standard InChI is InChI=1S/C14H22FN3O/c1-3-17-14(19)10-18(4-2)9-11-5-6-13(15)12(7-11)8-16/h5-7H,3-4,8-10,16H2,1-2H3,(H,17,19). The minimum absolute atomic E-state index is 0.00510. The van der Waals surface area contributed by atoms with Gasteiger partial charge in [-0.05, 0) is 25.1 Å². The van der Waals surface area contributed by atoms with Gasteiger partial charge in [0, 0.05) is 25.2 Å². The van der Waals surface area contributed by atoms with Crippen molar-refractivity contribution in [3.8, 4) is 0 Å². The van der Waals surface area contributed by atoms with Crippen LogP contribution < -0.4 is 11.1 Å². The van der Waals surface area contributed by atoms with Crippen molar-refractivity contribution in [1.29, 1.82) is 0 Å². The number of likely N-dealkylation sites (N-methyl/N-ethyl adjacent to an activating group) is 2. The van der Waals surface area contributed by atoms with Gasteiger partial charge in [0.25, 0.3) is 0 Å². The zero-order chi connectivity index (χ0) is 14.3. The van der Waals surface area contributed by atoms with Crippen LogP contribution in [-0.2, 0) is 17.9 Å². The summed E-state index contributed by atoms with van der Waals surface area (Å²) in [6, 6.07) is 4.92. The third-order valence-corrected chi connectivity index (χ3v) is 2.92. The zero-order valence-corrected chi connectivity index (χ0v) is 11.6. The van der Waals surface area contributed by atoms with Crippen LogP contribution in [0.3, 0.4) is 0 Å². The summed E-state index contributed by atoms with van der Waals surface area (Å²) in [6.45, 7) is 6.41. The van der Waals surface area contributed by atoms with E-state index in [2.05, 4.69) is 5.32 Å². The van der Waals surface area contributed by atoms with Gasteiger partial charge in [-0.2, -0.15) is 0 Å². The number of carbonyl (C=O) groups excluding carboxylic acids is 1. The Kier molecular flexibility index (Phi) is 6.45. The monoisotopic (exact) mass is 267 g/mol. The molecule has 1 amide bonds. The second-order valence-electron chi connectivity index (χ2n) is 4.39. The SMILES string of the molecule is CCNC(=O)CN(CC)Cc1ccc(F)c(CN)c1. The van der Waals surface area contributed by atoms with Gasteiger partial charge in [-0.1, -0.05) is 19.1 Å². The number of amides is 1. The molecule has 0 fully saturated rings. The Labute approximate surface area is 113 Å². The molecule has 0 aliphatic heterocycles. The molecular weight excluding hydrogens is 245 g/mol. The molecule has 19 heavy (non-hydrogen) atoms. The van der Waals surface area contributed by atoms with Gasteiger partial charge in [-0.15, -0.1) is 0 Å². The maximum atomic E-state index is 13.3. The van der Waals surface area contributed by atoms with Gasteiger partial charge in [0.05, 0.1) is 6.54 Å². The predicted molar refractivity (Wildman–Crippen MR) is 73.9 cm³/mol. The molecule has 106 valence electrons. The minimum Gasteiger partial charge on any atom is -0.355 e. The van der Waals surface area contributed by atoms with E-state index in [-0.39, 0.29) is 18.3 Å². The number of nitrogens with two attached hydrogens (primary N) is 1. The summed E-state index contributed by atoms with van der Waals surface area (Å²) in [4.78, 5) is 13.5. The highest BCUT2D eigenvalue weighted by Gasteiger charge is 2.10. The molecule has 0 unspecified atom stereocenters. The lowest BCUT2D eigenvalue weighted by Gasteiger charge is -2.20. The molecule has 0 saturated heterocycles. The highest BCUT2D eigenvalue weighted by molar-refractivity contribution is 5.77. The van der Waals surface area contributed by atoms with E-state index in [1.165, 1.54) is 6.07 Å². The molecule has 0 heterocycles. The summed E-state index contributed by atoms with van der Waals surface area (Å²) >= 11 is 0. The molecule has 0 aliphatic rings. The summed E-state index contributed by atoms with van der Waals surface area (Å²) in [5, 5.41) is 2.77. The maximum absolute atomic E-state index is 13.3. The first-order valence-electron chi connectivity index (χ1n) is 6.57. The van der Waals surface area contributed by atoms with Gasteiger partial charge in [-0.25, -0.2) is 4.39 Å². The molecule has 3 N–H and O–H groups in total. The fourth-order valence-corrected chi connectivity index (χ4v) is 1.88. The number of carbonyl (C=O) groups is 1. The fraction of sp³-hybridized carbons (Fsp3) is 0.500. The van der Waals surface area contributed by atoms with E-state index in [1.54, 1.807) is 12.1 Å². The van der Waals surface area contributed by atoms with Crippen LogP contribution in [0.15, 0.2) is 18.2 Å². The number of nitrogens with zero attached hydrogens (tertiary/aromatic N) is 1. The van der Waals surface area contributed by atoms with Crippen LogP contribution in [0.2, 0.25) is 0 Å². The Balaban J connectivity index is 2.67. The van der Waals surface area contributed by atoms with Crippen LogP contribution in [0.4, 0.5) is 4.39 Å². The molecule has 5 heteroatoms. The van der Waals surface area contributed by atoms with E-state index in [0.717, 1.165) is 12.1 Å². The summed E-state index contributed by atoms with van der Waals surface area (Å²) in [6.07, 6.45) is 0. The number of nitrogens with one attached hydrogen (secondary N) is 1. The number of benzene rings is 1. The lowest BCUT2D eigenvalue weighted by Crippen LogP contribution is -2.36. The Morgan fingerprint density at radius 1 is 1.42 bits per heavy atom. The van der Waals surface area contributed by atoms with Gasteiger partial charge >= 0.3 is 0 Å². The highest BCUT2D eigenvalue weighted by atomic mass is 19.1. The van der Waals surface area contributed by atoms with Gasteiger partial charge in [0.15, 0.2) is 0 Å². The Morgan fingerprint density at radius 2 is 2.16 bits per heavy atom. The van der Waals surface area contributed by atoms with Gasteiger partial charge < -0.3 is 11.1 Å². The van der Waals surface area contributed by atoms with E-state index in [0.29, 0.717) is 25.2 Å². The summed E-state index contributed by atoms with van der Waals surface area (Å²) in [7, 11) is 0. The van der Waals surface area contributed by atoms with Crippen LogP contribution in [-0.4, -0.2) is 30.4 Å². The quantitative estimate of drug-likeness (QED) is 0.781. The van der Waals surface area contributed by atoms with Crippen molar-refractivity contribution in [1.82, 2.24) is 10.2 Å². The number of hydrogen-bond acceptors (Lipinski definition) is 3. The van der Waals surface area contributed by atoms with Gasteiger partial charge in [-0.3, -0.25) is 9.69 Å². The molecule has 1 aromatic carbocycles. The first-order chi connectivity index (χ1) is 9.10. The normalized spacial score (nSPS) is 10.8. The largest absolute Gasteiger partial charge is 0.355 e. The molecule has 4 nitrogen and oxygen atoms in total. The smallest absolute Gasteiger partial charge is 0.234 e. The molecule has 0 aromatic heterocycles. The maximum Gasteiger partial charge on any atom is 0.234 e. The van der Waals surface area contributed by atoms with E-state index in [4.69, 9.17) is 5.73 Å². The molecule has 0 saturated carbocycles. The highest BCUT2D eigenvalue weighted by Crippen LogP contribution is 2.12. The van der Waals surface area contributed by atoms with Crippen molar-refractivity contribution in [3.05, 3.63) is 35.1 Å². The van der Waals surface area contributed by atoms with E-state index >= 15 is 0 Å². The van der Waals surface area contributed by atoms with Crippen LogP contribution in [0, 0.1) is 5.82 Å². The zero-order valence-electron chi connectivity index (χ0n) is 11.6. The van der Waals surface area contributed by atoms with Crippen molar-refractivity contribution < 1.29 is 9.18 Å². The van der Waals surface area contributed by atoms with E-state index in [9.17, 15) is 9.18 Å². The summed E-state index contributed by atoms with van der Waals surface area (Å²) in [5.41, 5.74) is 6.96. The van der Waals surface area contributed by atoms with Gasteiger partial charge in [0.1, 0.15) is 5.82 Å². The Morgan fingerprint density at radius 3 is 2.74 bits per heavy atom. The number of rotatable bonds is 7. The molecule has 0 atom stereocenters. The lowest BCUT2D eigenvalue weighted by atomic mass is 10.1. The molecule has 1 rings (SSSR count). The van der Waals surface area contributed by atoms with Crippen molar-refractivity contribution in [2.75, 3.05) is 19.6 Å². The van der Waals surface area contributed by atoms with Crippen LogP contribution in [0.5, 0.6) is 0 Å². The average Bonchev–Trinajstić information content (AvgIpc) is 2.40.